The number of ether oxygens (including phenoxy) is 2. The van der Waals surface area contributed by atoms with Gasteiger partial charge in [-0.05, 0) is 38.5 Å². The molecule has 2 atom stereocenters. The van der Waals surface area contributed by atoms with Gasteiger partial charge in [-0.25, -0.2) is 0 Å². The normalized spacial score (nSPS) is 22.6. The Bertz CT molecular complexity index is 204. The first-order chi connectivity index (χ1) is 7.83. The van der Waals surface area contributed by atoms with Crippen molar-refractivity contribution in [2.45, 2.75) is 57.3 Å². The molecular weight excluding hydrogens is 204 g/mol. The third-order valence-corrected chi connectivity index (χ3v) is 2.73. The predicted octanol–water partition coefficient (Wildman–Crippen LogP) is 2.08. The van der Waals surface area contributed by atoms with Crippen molar-refractivity contribution in [3.63, 3.8) is 0 Å². The van der Waals surface area contributed by atoms with Gasteiger partial charge in [0.05, 0.1) is 6.10 Å². The number of aliphatic hydroxyl groups is 1. The van der Waals surface area contributed by atoms with E-state index < -0.39 is 0 Å². The molecule has 1 saturated heterocycles. The molecule has 0 unspecified atom stereocenters. The van der Waals surface area contributed by atoms with Crippen molar-refractivity contribution in [2.75, 3.05) is 13.2 Å². The molecule has 3 heteroatoms. The van der Waals surface area contributed by atoms with E-state index in [4.69, 9.17) is 15.9 Å². The van der Waals surface area contributed by atoms with Crippen LogP contribution in [-0.2, 0) is 9.47 Å². The molecule has 1 fully saturated rings. The SMILES string of the molecule is C#CC[C@@H](O)CCCCO[C@H]1CCCCO1. The highest BCUT2D eigenvalue weighted by Crippen LogP contribution is 2.14. The predicted molar refractivity (Wildman–Crippen MR) is 62.9 cm³/mol. The molecule has 0 aromatic rings. The summed E-state index contributed by atoms with van der Waals surface area (Å²) in [6, 6.07) is 0. The second kappa shape index (κ2) is 8.58. The molecule has 0 aliphatic carbocycles. The highest BCUT2D eigenvalue weighted by atomic mass is 16.7. The van der Waals surface area contributed by atoms with Crippen molar-refractivity contribution >= 4 is 0 Å². The van der Waals surface area contributed by atoms with Crippen LogP contribution in [-0.4, -0.2) is 30.7 Å². The summed E-state index contributed by atoms with van der Waals surface area (Å²) in [5.41, 5.74) is 0. The van der Waals surface area contributed by atoms with Gasteiger partial charge in [0.2, 0.25) is 0 Å². The quantitative estimate of drug-likeness (QED) is 0.533. The first-order valence-electron chi connectivity index (χ1n) is 6.17. The van der Waals surface area contributed by atoms with Crippen LogP contribution in [0.25, 0.3) is 0 Å². The van der Waals surface area contributed by atoms with E-state index in [0.29, 0.717) is 13.0 Å². The molecule has 1 aliphatic heterocycles. The molecule has 16 heavy (non-hydrogen) atoms. The fraction of sp³-hybridized carbons (Fsp3) is 0.846. The molecule has 1 aliphatic rings. The van der Waals surface area contributed by atoms with Crippen LogP contribution in [0.1, 0.15) is 44.9 Å². The smallest absolute Gasteiger partial charge is 0.157 e. The van der Waals surface area contributed by atoms with Crippen LogP contribution in [0.4, 0.5) is 0 Å². The molecule has 0 aromatic carbocycles. The Morgan fingerprint density at radius 2 is 2.31 bits per heavy atom. The number of hydrogen-bond donors (Lipinski definition) is 1. The molecule has 3 nitrogen and oxygen atoms in total. The summed E-state index contributed by atoms with van der Waals surface area (Å²) in [7, 11) is 0. The van der Waals surface area contributed by atoms with Gasteiger partial charge in [0.15, 0.2) is 6.29 Å². The lowest BCUT2D eigenvalue weighted by Gasteiger charge is -2.22. The van der Waals surface area contributed by atoms with Crippen LogP contribution in [0.3, 0.4) is 0 Å². The molecule has 1 rings (SSSR count). The van der Waals surface area contributed by atoms with Gasteiger partial charge in [-0.2, -0.15) is 0 Å². The molecule has 0 saturated carbocycles. The summed E-state index contributed by atoms with van der Waals surface area (Å²) < 4.78 is 11.0. The minimum Gasteiger partial charge on any atom is -0.392 e. The molecule has 92 valence electrons. The summed E-state index contributed by atoms with van der Waals surface area (Å²) >= 11 is 0. The van der Waals surface area contributed by atoms with Crippen molar-refractivity contribution in [3.05, 3.63) is 0 Å². The van der Waals surface area contributed by atoms with Crippen LogP contribution >= 0.6 is 0 Å². The zero-order valence-corrected chi connectivity index (χ0v) is 9.86. The van der Waals surface area contributed by atoms with Gasteiger partial charge in [0, 0.05) is 19.6 Å². The fourth-order valence-electron chi connectivity index (χ4n) is 1.78. The van der Waals surface area contributed by atoms with E-state index in [9.17, 15) is 5.11 Å². The topological polar surface area (TPSA) is 38.7 Å². The molecule has 1 heterocycles. The molecular formula is C13H22O3. The second-order valence-electron chi connectivity index (χ2n) is 4.22. The van der Waals surface area contributed by atoms with Gasteiger partial charge in [-0.3, -0.25) is 0 Å². The Labute approximate surface area is 98.1 Å². The van der Waals surface area contributed by atoms with E-state index in [1.54, 1.807) is 0 Å². The monoisotopic (exact) mass is 226 g/mol. The minimum atomic E-state index is -0.351. The van der Waals surface area contributed by atoms with Gasteiger partial charge >= 0.3 is 0 Å². The maximum Gasteiger partial charge on any atom is 0.157 e. The fourth-order valence-corrected chi connectivity index (χ4v) is 1.78. The van der Waals surface area contributed by atoms with Crippen LogP contribution in [0.2, 0.25) is 0 Å². The second-order valence-corrected chi connectivity index (χ2v) is 4.22. The van der Waals surface area contributed by atoms with Crippen LogP contribution < -0.4 is 0 Å². The molecule has 0 spiro atoms. The van der Waals surface area contributed by atoms with Gasteiger partial charge in [-0.15, -0.1) is 12.3 Å². The lowest BCUT2D eigenvalue weighted by molar-refractivity contribution is -0.162. The molecule has 0 aromatic heterocycles. The van der Waals surface area contributed by atoms with Gasteiger partial charge in [0.1, 0.15) is 0 Å². The van der Waals surface area contributed by atoms with E-state index >= 15 is 0 Å². The van der Waals surface area contributed by atoms with E-state index in [1.807, 2.05) is 0 Å². The molecule has 0 radical (unpaired) electrons. The van der Waals surface area contributed by atoms with E-state index in [0.717, 1.165) is 38.7 Å². The van der Waals surface area contributed by atoms with Crippen LogP contribution in [0.15, 0.2) is 0 Å². The molecule has 0 bridgehead atoms. The third kappa shape index (κ3) is 6.12. The summed E-state index contributed by atoms with van der Waals surface area (Å²) in [4.78, 5) is 0. The number of rotatable bonds is 7. The maximum atomic E-state index is 9.39. The number of unbranched alkanes of at least 4 members (excludes halogenated alkanes) is 1. The van der Waals surface area contributed by atoms with Gasteiger partial charge in [0.25, 0.3) is 0 Å². The van der Waals surface area contributed by atoms with Crippen molar-refractivity contribution in [1.29, 1.82) is 0 Å². The first-order valence-corrected chi connectivity index (χ1v) is 6.17. The average Bonchev–Trinajstić information content (AvgIpc) is 2.30. The summed E-state index contributed by atoms with van der Waals surface area (Å²) in [6.07, 6.45) is 11.3. The van der Waals surface area contributed by atoms with E-state index in [-0.39, 0.29) is 12.4 Å². The van der Waals surface area contributed by atoms with Crippen LogP contribution in [0, 0.1) is 12.3 Å². The van der Waals surface area contributed by atoms with Crippen LogP contribution in [0.5, 0.6) is 0 Å². The number of hydrogen-bond acceptors (Lipinski definition) is 3. The summed E-state index contributed by atoms with van der Waals surface area (Å²) in [6.45, 7) is 1.54. The highest BCUT2D eigenvalue weighted by Gasteiger charge is 2.13. The lowest BCUT2D eigenvalue weighted by atomic mass is 10.1. The third-order valence-electron chi connectivity index (χ3n) is 2.73. The Kier molecular flexibility index (Phi) is 7.24. The molecule has 0 amide bonds. The van der Waals surface area contributed by atoms with E-state index in [2.05, 4.69) is 5.92 Å². The first kappa shape index (κ1) is 13.5. The Morgan fingerprint density at radius 1 is 1.44 bits per heavy atom. The lowest BCUT2D eigenvalue weighted by Crippen LogP contribution is -2.22. The minimum absolute atomic E-state index is 0.00406. The summed E-state index contributed by atoms with van der Waals surface area (Å²) in [5.74, 6) is 2.46. The summed E-state index contributed by atoms with van der Waals surface area (Å²) in [5, 5.41) is 9.39. The van der Waals surface area contributed by atoms with Gasteiger partial charge in [-0.1, -0.05) is 0 Å². The van der Waals surface area contributed by atoms with Crippen molar-refractivity contribution in [2.24, 2.45) is 0 Å². The van der Waals surface area contributed by atoms with E-state index in [1.165, 1.54) is 6.42 Å². The zero-order chi connectivity index (χ0) is 11.6. The zero-order valence-electron chi connectivity index (χ0n) is 9.86. The molecule has 1 N–H and O–H groups in total. The number of terminal acetylenes is 1. The Hall–Kier alpha value is -0.560. The van der Waals surface area contributed by atoms with Gasteiger partial charge < -0.3 is 14.6 Å². The Morgan fingerprint density at radius 3 is 3.00 bits per heavy atom. The van der Waals surface area contributed by atoms with Crippen molar-refractivity contribution < 1.29 is 14.6 Å². The maximum absolute atomic E-state index is 9.39. The standard InChI is InChI=1S/C13H22O3/c1-2-7-12(14)8-3-5-10-15-13-9-4-6-11-16-13/h1,12-14H,3-11H2/t12-,13-/m1/s1. The Balaban J connectivity index is 1.89. The largest absolute Gasteiger partial charge is 0.392 e. The van der Waals surface area contributed by atoms with Crippen molar-refractivity contribution in [3.8, 4) is 12.3 Å². The number of aliphatic hydroxyl groups excluding tert-OH is 1. The average molecular weight is 226 g/mol. The highest BCUT2D eigenvalue weighted by molar-refractivity contribution is 4.86. The van der Waals surface area contributed by atoms with Crippen molar-refractivity contribution in [1.82, 2.24) is 0 Å².